The van der Waals surface area contributed by atoms with Crippen LogP contribution in [-0.2, 0) is 15.1 Å². The summed E-state index contributed by atoms with van der Waals surface area (Å²) in [5.41, 5.74) is -0.549. The smallest absolute Gasteiger partial charge is 0.387 e. The lowest BCUT2D eigenvalue weighted by Gasteiger charge is -2.29. The third-order valence-electron chi connectivity index (χ3n) is 3.67. The standard InChI is InChI=1S/C15H19F2NO3/c1-15(13(19)20-2,18-9-10-6-7-10)11-4-3-5-12(8-11)21-14(16)17/h3-5,8,10,14,18H,6-7,9H2,1-2H3. The first kappa shape index (κ1) is 15.7. The molecule has 116 valence electrons. The summed E-state index contributed by atoms with van der Waals surface area (Å²) < 4.78 is 33.9. The molecule has 4 nitrogen and oxygen atoms in total. The van der Waals surface area contributed by atoms with Gasteiger partial charge in [0.2, 0.25) is 0 Å². The van der Waals surface area contributed by atoms with Crippen molar-refractivity contribution in [3.63, 3.8) is 0 Å². The Balaban J connectivity index is 2.23. The maximum absolute atomic E-state index is 12.3. The largest absolute Gasteiger partial charge is 0.467 e. The molecule has 0 spiro atoms. The second-order valence-electron chi connectivity index (χ2n) is 5.35. The Hall–Kier alpha value is -1.69. The molecule has 0 heterocycles. The topological polar surface area (TPSA) is 47.6 Å². The van der Waals surface area contributed by atoms with Gasteiger partial charge in [0.05, 0.1) is 7.11 Å². The average Bonchev–Trinajstić information content (AvgIpc) is 3.27. The second kappa shape index (κ2) is 6.39. The van der Waals surface area contributed by atoms with E-state index in [0.29, 0.717) is 18.0 Å². The first-order valence-electron chi connectivity index (χ1n) is 6.84. The number of methoxy groups -OCH3 is 1. The van der Waals surface area contributed by atoms with Crippen LogP contribution in [0.5, 0.6) is 5.75 Å². The van der Waals surface area contributed by atoms with Crippen LogP contribution in [0.25, 0.3) is 0 Å². The molecule has 1 atom stereocenters. The van der Waals surface area contributed by atoms with Crippen molar-refractivity contribution in [2.75, 3.05) is 13.7 Å². The highest BCUT2D eigenvalue weighted by molar-refractivity contribution is 5.82. The van der Waals surface area contributed by atoms with Crippen molar-refractivity contribution >= 4 is 5.97 Å². The molecule has 1 aliphatic carbocycles. The zero-order valence-electron chi connectivity index (χ0n) is 12.1. The zero-order chi connectivity index (χ0) is 15.5. The van der Waals surface area contributed by atoms with E-state index in [-0.39, 0.29) is 5.75 Å². The summed E-state index contributed by atoms with van der Waals surface area (Å²) in [5.74, 6) is 0.123. The number of alkyl halides is 2. The van der Waals surface area contributed by atoms with Crippen molar-refractivity contribution in [2.45, 2.75) is 31.9 Å². The van der Waals surface area contributed by atoms with Gasteiger partial charge in [-0.05, 0) is 49.9 Å². The van der Waals surface area contributed by atoms with E-state index in [4.69, 9.17) is 4.74 Å². The van der Waals surface area contributed by atoms with Gasteiger partial charge in [0, 0.05) is 0 Å². The normalized spacial score (nSPS) is 17.4. The number of nitrogens with one attached hydrogen (secondary N) is 1. The zero-order valence-corrected chi connectivity index (χ0v) is 12.1. The van der Waals surface area contributed by atoms with E-state index < -0.39 is 18.1 Å². The van der Waals surface area contributed by atoms with Crippen molar-refractivity contribution < 1.29 is 23.0 Å². The van der Waals surface area contributed by atoms with Gasteiger partial charge in [-0.2, -0.15) is 8.78 Å². The first-order valence-corrected chi connectivity index (χ1v) is 6.84. The molecular formula is C15H19F2NO3. The second-order valence-corrected chi connectivity index (χ2v) is 5.35. The van der Waals surface area contributed by atoms with Crippen molar-refractivity contribution in [3.05, 3.63) is 29.8 Å². The van der Waals surface area contributed by atoms with Crippen molar-refractivity contribution in [3.8, 4) is 5.75 Å². The van der Waals surface area contributed by atoms with E-state index in [1.165, 1.54) is 19.2 Å². The van der Waals surface area contributed by atoms with Gasteiger partial charge in [-0.3, -0.25) is 5.32 Å². The molecule has 0 radical (unpaired) electrons. The fourth-order valence-electron chi connectivity index (χ4n) is 2.15. The van der Waals surface area contributed by atoms with E-state index in [0.717, 1.165) is 12.8 Å². The van der Waals surface area contributed by atoms with Gasteiger partial charge in [0.15, 0.2) is 0 Å². The summed E-state index contributed by atoms with van der Waals surface area (Å²) in [6.45, 7) is -0.530. The number of carbonyl (C=O) groups excluding carboxylic acids is 1. The monoisotopic (exact) mass is 299 g/mol. The van der Waals surface area contributed by atoms with Gasteiger partial charge in [-0.15, -0.1) is 0 Å². The average molecular weight is 299 g/mol. The van der Waals surface area contributed by atoms with Gasteiger partial charge < -0.3 is 9.47 Å². The predicted octanol–water partition coefficient (Wildman–Crippen LogP) is 2.68. The molecule has 0 aliphatic heterocycles. The van der Waals surface area contributed by atoms with E-state index in [1.807, 2.05) is 0 Å². The molecule has 0 saturated heterocycles. The fourth-order valence-corrected chi connectivity index (χ4v) is 2.15. The Morgan fingerprint density at radius 3 is 2.76 bits per heavy atom. The number of halogens is 2. The van der Waals surface area contributed by atoms with Crippen LogP contribution in [0.1, 0.15) is 25.3 Å². The molecule has 0 bridgehead atoms. The molecule has 1 N–H and O–H groups in total. The lowest BCUT2D eigenvalue weighted by atomic mass is 9.91. The van der Waals surface area contributed by atoms with Crippen molar-refractivity contribution in [1.82, 2.24) is 5.32 Å². The van der Waals surface area contributed by atoms with Crippen LogP contribution < -0.4 is 10.1 Å². The Morgan fingerprint density at radius 2 is 2.19 bits per heavy atom. The molecule has 1 aromatic carbocycles. The summed E-state index contributed by atoms with van der Waals surface area (Å²) in [5, 5.41) is 3.19. The SMILES string of the molecule is COC(=O)C(C)(NCC1CC1)c1cccc(OC(F)F)c1. The molecule has 21 heavy (non-hydrogen) atoms. The van der Waals surface area contributed by atoms with Gasteiger partial charge in [-0.1, -0.05) is 12.1 Å². The Bertz CT molecular complexity index is 505. The molecule has 0 amide bonds. The summed E-state index contributed by atoms with van der Waals surface area (Å²) in [4.78, 5) is 12.1. The molecule has 6 heteroatoms. The van der Waals surface area contributed by atoms with E-state index >= 15 is 0 Å². The van der Waals surface area contributed by atoms with E-state index in [2.05, 4.69) is 10.1 Å². The number of esters is 1. The fraction of sp³-hybridized carbons (Fsp3) is 0.533. The van der Waals surface area contributed by atoms with Gasteiger partial charge >= 0.3 is 12.6 Å². The summed E-state index contributed by atoms with van der Waals surface area (Å²) >= 11 is 0. The molecule has 1 aliphatic rings. The molecule has 0 aromatic heterocycles. The summed E-state index contributed by atoms with van der Waals surface area (Å²) in [6.07, 6.45) is 2.28. The van der Waals surface area contributed by atoms with E-state index in [1.54, 1.807) is 19.1 Å². The third-order valence-corrected chi connectivity index (χ3v) is 3.67. The van der Waals surface area contributed by atoms with Gasteiger partial charge in [0.25, 0.3) is 0 Å². The Kier molecular flexibility index (Phi) is 4.77. The quantitative estimate of drug-likeness (QED) is 0.786. The highest BCUT2D eigenvalue weighted by Gasteiger charge is 2.38. The molecule has 1 saturated carbocycles. The lowest BCUT2D eigenvalue weighted by Crippen LogP contribution is -2.48. The number of rotatable bonds is 7. The molecular weight excluding hydrogens is 280 g/mol. The minimum absolute atomic E-state index is 0.0193. The molecule has 1 aromatic rings. The van der Waals surface area contributed by atoms with Crippen molar-refractivity contribution in [2.24, 2.45) is 5.92 Å². The highest BCUT2D eigenvalue weighted by atomic mass is 19.3. The number of hydrogen-bond acceptors (Lipinski definition) is 4. The number of ether oxygens (including phenoxy) is 2. The molecule has 1 fully saturated rings. The van der Waals surface area contributed by atoms with Gasteiger partial charge in [0.1, 0.15) is 11.3 Å². The predicted molar refractivity (Wildman–Crippen MR) is 73.2 cm³/mol. The minimum atomic E-state index is -2.90. The van der Waals surface area contributed by atoms with Crippen LogP contribution in [-0.4, -0.2) is 26.2 Å². The minimum Gasteiger partial charge on any atom is -0.467 e. The first-order chi connectivity index (χ1) is 9.95. The van der Waals surface area contributed by atoms with Crippen LogP contribution in [0.4, 0.5) is 8.78 Å². The maximum atomic E-state index is 12.3. The maximum Gasteiger partial charge on any atom is 0.387 e. The van der Waals surface area contributed by atoms with Crippen molar-refractivity contribution in [1.29, 1.82) is 0 Å². The molecule has 1 unspecified atom stereocenters. The van der Waals surface area contributed by atoms with Gasteiger partial charge in [-0.25, -0.2) is 4.79 Å². The number of carbonyl (C=O) groups is 1. The van der Waals surface area contributed by atoms with Crippen LogP contribution in [0.2, 0.25) is 0 Å². The van der Waals surface area contributed by atoms with Crippen LogP contribution in [0, 0.1) is 5.92 Å². The Morgan fingerprint density at radius 1 is 1.48 bits per heavy atom. The highest BCUT2D eigenvalue weighted by Crippen LogP contribution is 2.31. The number of benzene rings is 1. The lowest BCUT2D eigenvalue weighted by molar-refractivity contribution is -0.148. The third kappa shape index (κ3) is 3.91. The van der Waals surface area contributed by atoms with Crippen LogP contribution in [0.15, 0.2) is 24.3 Å². The van der Waals surface area contributed by atoms with Crippen LogP contribution >= 0.6 is 0 Å². The molecule has 2 rings (SSSR count). The summed E-state index contributed by atoms with van der Waals surface area (Å²) in [7, 11) is 1.30. The van der Waals surface area contributed by atoms with E-state index in [9.17, 15) is 13.6 Å². The van der Waals surface area contributed by atoms with Crippen LogP contribution in [0.3, 0.4) is 0 Å². The number of hydrogen-bond donors (Lipinski definition) is 1. The Labute approximate surface area is 122 Å². The summed E-state index contributed by atoms with van der Waals surface area (Å²) in [6, 6.07) is 6.12.